The van der Waals surface area contributed by atoms with Gasteiger partial charge in [-0.3, -0.25) is 14.5 Å². The second-order valence-electron chi connectivity index (χ2n) is 7.84. The summed E-state index contributed by atoms with van der Waals surface area (Å²) in [5.41, 5.74) is 2.04. The van der Waals surface area contributed by atoms with E-state index in [1.54, 1.807) is 6.92 Å². The molecule has 0 spiro atoms. The Balaban J connectivity index is 1.65. The molecule has 182 valence electrons. The molecule has 0 saturated carbocycles. The minimum atomic E-state index is -0.731. The van der Waals surface area contributed by atoms with Crippen LogP contribution in [-0.2, 0) is 23.9 Å². The number of carbonyl (C=O) groups excluding carboxylic acids is 4. The second-order valence-corrected chi connectivity index (χ2v) is 8.94. The number of nitrogens with zero attached hydrogens (tertiary/aromatic N) is 1. The maximum Gasteiger partial charge on any atom is 0.407 e. The first-order chi connectivity index (χ1) is 17.0. The van der Waals surface area contributed by atoms with Gasteiger partial charge in [-0.2, -0.15) is 0 Å². The fourth-order valence-electron chi connectivity index (χ4n) is 3.97. The van der Waals surface area contributed by atoms with Crippen LogP contribution in [0.1, 0.15) is 24.2 Å². The topological polar surface area (TPSA) is 114 Å². The zero-order chi connectivity index (χ0) is 24.8. The van der Waals surface area contributed by atoms with E-state index in [1.165, 1.54) is 16.7 Å². The molecule has 4 rings (SSSR count). The van der Waals surface area contributed by atoms with Gasteiger partial charge < -0.3 is 20.1 Å². The van der Waals surface area contributed by atoms with E-state index in [2.05, 4.69) is 10.6 Å². The van der Waals surface area contributed by atoms with E-state index in [0.717, 1.165) is 11.1 Å². The van der Waals surface area contributed by atoms with Crippen LogP contribution in [0.5, 0.6) is 0 Å². The molecule has 0 radical (unpaired) electrons. The number of carbonyl (C=O) groups is 4. The summed E-state index contributed by atoms with van der Waals surface area (Å²) in [6, 6.07) is 17.9. The van der Waals surface area contributed by atoms with E-state index in [0.29, 0.717) is 24.3 Å². The van der Waals surface area contributed by atoms with Crippen molar-refractivity contribution in [1.82, 2.24) is 15.5 Å². The Bertz CT molecular complexity index is 1090. The number of fused-ring (bicyclic) bond motifs is 1. The third-order valence-electron chi connectivity index (χ3n) is 5.62. The van der Waals surface area contributed by atoms with Crippen LogP contribution in [0.15, 0.2) is 71.9 Å². The number of benzene rings is 2. The van der Waals surface area contributed by atoms with Crippen molar-refractivity contribution in [3.8, 4) is 0 Å². The molecule has 2 aliphatic heterocycles. The van der Waals surface area contributed by atoms with Crippen LogP contribution in [-0.4, -0.2) is 59.6 Å². The van der Waals surface area contributed by atoms with Crippen molar-refractivity contribution in [2.24, 2.45) is 0 Å². The molecule has 9 nitrogen and oxygen atoms in total. The van der Waals surface area contributed by atoms with Crippen LogP contribution in [0, 0.1) is 0 Å². The normalized spacial score (nSPS) is 18.9. The van der Waals surface area contributed by atoms with Gasteiger partial charge >= 0.3 is 12.1 Å². The first kappa shape index (κ1) is 24.3. The molecular formula is C25H25N3O6S. The fourth-order valence-corrected chi connectivity index (χ4v) is 5.31. The molecular weight excluding hydrogens is 470 g/mol. The highest BCUT2D eigenvalue weighted by atomic mass is 32.2. The molecule has 0 bridgehead atoms. The molecule has 2 aliphatic rings. The molecule has 3 amide bonds. The van der Waals surface area contributed by atoms with Crippen molar-refractivity contribution in [3.63, 3.8) is 0 Å². The monoisotopic (exact) mass is 495 g/mol. The lowest BCUT2D eigenvalue weighted by molar-refractivity contribution is -0.154. The molecule has 0 unspecified atom stereocenters. The van der Waals surface area contributed by atoms with Gasteiger partial charge in [-0.1, -0.05) is 60.7 Å². The van der Waals surface area contributed by atoms with Gasteiger partial charge in [0.15, 0.2) is 6.10 Å². The van der Waals surface area contributed by atoms with Gasteiger partial charge in [0.1, 0.15) is 23.7 Å². The Hall–Kier alpha value is -3.79. The highest BCUT2D eigenvalue weighted by Crippen LogP contribution is 2.41. The van der Waals surface area contributed by atoms with Gasteiger partial charge in [0, 0.05) is 17.9 Å². The number of rotatable bonds is 9. The van der Waals surface area contributed by atoms with E-state index in [9.17, 15) is 19.2 Å². The standard InChI is InChI=1S/C25H25N3O6S/c1-2-26-25(32)33-13-18-14-35-23-19(27-15-29)22(30)28(23)20(18)24(31)34-21(16-9-5-3-6-10-16)17-11-7-4-8-12-17/h3-12,15,19,21,23H,2,13-14H2,1H3,(H,26,32)(H,27,29)/t19-,23-/m1/s1. The summed E-state index contributed by atoms with van der Waals surface area (Å²) in [6.07, 6.45) is -0.866. The third-order valence-corrected chi connectivity index (χ3v) is 6.96. The Morgan fingerprint density at radius 2 is 1.74 bits per heavy atom. The summed E-state index contributed by atoms with van der Waals surface area (Å²) >= 11 is 1.38. The Morgan fingerprint density at radius 1 is 1.11 bits per heavy atom. The number of thioether (sulfide) groups is 1. The predicted molar refractivity (Wildman–Crippen MR) is 129 cm³/mol. The molecule has 2 N–H and O–H groups in total. The number of alkyl carbamates (subject to hydrolysis) is 1. The van der Waals surface area contributed by atoms with E-state index in [1.807, 2.05) is 60.7 Å². The molecule has 2 aromatic rings. The molecule has 1 saturated heterocycles. The summed E-state index contributed by atoms with van der Waals surface area (Å²) in [7, 11) is 0. The van der Waals surface area contributed by atoms with Crippen LogP contribution < -0.4 is 10.6 Å². The van der Waals surface area contributed by atoms with Crippen molar-refractivity contribution in [3.05, 3.63) is 83.1 Å². The van der Waals surface area contributed by atoms with Gasteiger partial charge in [-0.15, -0.1) is 11.8 Å². The first-order valence-electron chi connectivity index (χ1n) is 11.1. The van der Waals surface area contributed by atoms with E-state index in [-0.39, 0.29) is 12.3 Å². The maximum absolute atomic E-state index is 13.6. The van der Waals surface area contributed by atoms with Crippen molar-refractivity contribution in [2.75, 3.05) is 18.9 Å². The smallest absolute Gasteiger partial charge is 0.407 e. The molecule has 2 aromatic carbocycles. The number of hydrogen-bond acceptors (Lipinski definition) is 7. The fraction of sp³-hybridized carbons (Fsp3) is 0.280. The first-order valence-corrected chi connectivity index (χ1v) is 12.2. The zero-order valence-electron chi connectivity index (χ0n) is 19.0. The Morgan fingerprint density at radius 3 is 2.31 bits per heavy atom. The van der Waals surface area contributed by atoms with Crippen molar-refractivity contribution >= 4 is 36.1 Å². The van der Waals surface area contributed by atoms with Crippen molar-refractivity contribution in [2.45, 2.75) is 24.4 Å². The van der Waals surface area contributed by atoms with Crippen molar-refractivity contribution < 1.29 is 28.7 Å². The number of ether oxygens (including phenoxy) is 2. The largest absolute Gasteiger partial charge is 0.448 e. The van der Waals surface area contributed by atoms with Crippen LogP contribution in [0.2, 0.25) is 0 Å². The Labute approximate surface area is 206 Å². The van der Waals surface area contributed by atoms with E-state index >= 15 is 0 Å². The maximum atomic E-state index is 13.6. The summed E-state index contributed by atoms with van der Waals surface area (Å²) in [4.78, 5) is 50.6. The summed E-state index contributed by atoms with van der Waals surface area (Å²) < 4.78 is 11.3. The SMILES string of the molecule is CCNC(=O)OCC1=C(C(=O)OC(c2ccccc2)c2ccccc2)N2C(=O)[C@@H](NC=O)[C@H]2SC1. The predicted octanol–water partition coefficient (Wildman–Crippen LogP) is 2.35. The lowest BCUT2D eigenvalue weighted by Gasteiger charge is -2.49. The second kappa shape index (κ2) is 11.1. The molecule has 2 heterocycles. The number of nitrogens with one attached hydrogen (secondary N) is 2. The number of β-lactam (4-membered cyclic amide) rings is 1. The van der Waals surface area contributed by atoms with Crippen LogP contribution in [0.4, 0.5) is 4.79 Å². The minimum Gasteiger partial charge on any atom is -0.448 e. The van der Waals surface area contributed by atoms with Gasteiger partial charge in [0.25, 0.3) is 5.91 Å². The van der Waals surface area contributed by atoms with Gasteiger partial charge in [0.05, 0.1) is 0 Å². The lowest BCUT2D eigenvalue weighted by atomic mass is 10.0. The van der Waals surface area contributed by atoms with Crippen LogP contribution in [0.3, 0.4) is 0 Å². The number of hydrogen-bond donors (Lipinski definition) is 2. The molecule has 0 aromatic heterocycles. The highest BCUT2D eigenvalue weighted by Gasteiger charge is 2.54. The number of amides is 3. The van der Waals surface area contributed by atoms with Crippen LogP contribution >= 0.6 is 11.8 Å². The summed E-state index contributed by atoms with van der Waals surface area (Å²) in [6.45, 7) is 1.98. The molecule has 1 fully saturated rings. The summed E-state index contributed by atoms with van der Waals surface area (Å²) in [5.74, 6) is -0.801. The van der Waals surface area contributed by atoms with E-state index < -0.39 is 35.5 Å². The van der Waals surface area contributed by atoms with Crippen LogP contribution in [0.25, 0.3) is 0 Å². The minimum absolute atomic E-state index is 0.0452. The van der Waals surface area contributed by atoms with Crippen molar-refractivity contribution in [1.29, 1.82) is 0 Å². The quantitative estimate of drug-likeness (QED) is 0.312. The third kappa shape index (κ3) is 5.17. The molecule has 2 atom stereocenters. The Kier molecular flexibility index (Phi) is 7.71. The summed E-state index contributed by atoms with van der Waals surface area (Å²) in [5, 5.41) is 4.59. The number of esters is 1. The molecule has 35 heavy (non-hydrogen) atoms. The molecule has 10 heteroatoms. The average molecular weight is 496 g/mol. The average Bonchev–Trinajstić information content (AvgIpc) is 2.89. The molecule has 0 aliphatic carbocycles. The van der Waals surface area contributed by atoms with Gasteiger partial charge in [-0.25, -0.2) is 9.59 Å². The highest BCUT2D eigenvalue weighted by molar-refractivity contribution is 8.00. The van der Waals surface area contributed by atoms with Gasteiger partial charge in [0.2, 0.25) is 6.41 Å². The lowest BCUT2D eigenvalue weighted by Crippen LogP contribution is -2.69. The van der Waals surface area contributed by atoms with E-state index in [4.69, 9.17) is 9.47 Å². The van der Waals surface area contributed by atoms with Gasteiger partial charge in [-0.05, 0) is 18.1 Å². The zero-order valence-corrected chi connectivity index (χ0v) is 19.8.